The van der Waals surface area contributed by atoms with Gasteiger partial charge in [0.2, 0.25) is 0 Å². The molecular weight excluding hydrogens is 437 g/mol. The monoisotopic (exact) mass is 465 g/mol. The van der Waals surface area contributed by atoms with E-state index >= 15 is 0 Å². The molecule has 0 amide bonds. The number of piperidine rings is 1. The third-order valence-electron chi connectivity index (χ3n) is 4.03. The molecule has 1 aromatic carbocycles. The molecule has 24 heavy (non-hydrogen) atoms. The van der Waals surface area contributed by atoms with Crippen molar-refractivity contribution in [2.45, 2.75) is 39.2 Å². The number of likely N-dealkylation sites (tertiary alicyclic amines) is 1. The molecule has 0 saturated carbocycles. The van der Waals surface area contributed by atoms with E-state index in [0.29, 0.717) is 6.10 Å². The summed E-state index contributed by atoms with van der Waals surface area (Å²) in [4.78, 5) is 7.12. The lowest BCUT2D eigenvalue weighted by molar-refractivity contribution is 0.0264. The zero-order chi connectivity index (χ0) is 16.5. The van der Waals surface area contributed by atoms with Gasteiger partial charge >= 0.3 is 0 Å². The molecule has 136 valence electrons. The number of hydrogen-bond acceptors (Lipinski definition) is 2. The van der Waals surface area contributed by atoms with E-state index in [1.54, 1.807) is 0 Å². The standard InChI is InChI=1S/C18H28ClN3O.HI/c1-3-20-18(22-12-9-17(10-13-22)23-4-2)21-11-8-15-6-5-7-16(19)14-15;/h5-7,14,17H,3-4,8-13H2,1-2H3,(H,20,21);1H. The number of halogens is 2. The highest BCUT2D eigenvalue weighted by Crippen LogP contribution is 2.14. The molecule has 1 aromatic rings. The fraction of sp³-hybridized carbons (Fsp3) is 0.611. The molecule has 0 atom stereocenters. The van der Waals surface area contributed by atoms with Gasteiger partial charge in [0.15, 0.2) is 5.96 Å². The zero-order valence-electron chi connectivity index (χ0n) is 14.6. The first-order valence-corrected chi connectivity index (χ1v) is 9.00. The smallest absolute Gasteiger partial charge is 0.193 e. The number of nitrogens with one attached hydrogen (secondary N) is 1. The summed E-state index contributed by atoms with van der Waals surface area (Å²) in [5, 5.41) is 4.19. The van der Waals surface area contributed by atoms with Crippen LogP contribution in [0.1, 0.15) is 32.3 Å². The molecule has 6 heteroatoms. The van der Waals surface area contributed by atoms with Crippen molar-refractivity contribution in [1.29, 1.82) is 0 Å². The van der Waals surface area contributed by atoms with E-state index in [1.807, 2.05) is 18.2 Å². The Morgan fingerprint density at radius 3 is 2.71 bits per heavy atom. The van der Waals surface area contributed by atoms with Crippen molar-refractivity contribution in [3.63, 3.8) is 0 Å². The van der Waals surface area contributed by atoms with Gasteiger partial charge in [0.1, 0.15) is 0 Å². The summed E-state index contributed by atoms with van der Waals surface area (Å²) < 4.78 is 5.72. The second kappa shape index (κ2) is 11.9. The van der Waals surface area contributed by atoms with Crippen molar-refractivity contribution in [3.8, 4) is 0 Å². The number of rotatable bonds is 6. The summed E-state index contributed by atoms with van der Waals surface area (Å²) in [6.07, 6.45) is 3.47. The second-order valence-corrected chi connectivity index (χ2v) is 6.19. The van der Waals surface area contributed by atoms with Gasteiger partial charge in [0.25, 0.3) is 0 Å². The fourth-order valence-corrected chi connectivity index (χ4v) is 3.09. The topological polar surface area (TPSA) is 36.9 Å². The Kier molecular flexibility index (Phi) is 10.7. The van der Waals surface area contributed by atoms with E-state index in [-0.39, 0.29) is 24.0 Å². The van der Waals surface area contributed by atoms with E-state index in [4.69, 9.17) is 21.3 Å². The van der Waals surface area contributed by atoms with Gasteiger partial charge in [-0.3, -0.25) is 4.99 Å². The molecule has 1 aliphatic rings. The Labute approximate surface area is 168 Å². The van der Waals surface area contributed by atoms with Gasteiger partial charge in [0.05, 0.1) is 6.10 Å². The second-order valence-electron chi connectivity index (χ2n) is 5.76. The van der Waals surface area contributed by atoms with Crippen molar-refractivity contribution >= 4 is 41.5 Å². The Morgan fingerprint density at radius 2 is 2.08 bits per heavy atom. The number of ether oxygens (including phenoxy) is 1. The van der Waals surface area contributed by atoms with Crippen molar-refractivity contribution in [2.24, 2.45) is 4.99 Å². The van der Waals surface area contributed by atoms with Gasteiger partial charge in [-0.15, -0.1) is 24.0 Å². The quantitative estimate of drug-likeness (QED) is 0.392. The largest absolute Gasteiger partial charge is 0.378 e. The minimum absolute atomic E-state index is 0. The Balaban J connectivity index is 0.00000288. The maximum atomic E-state index is 6.03. The lowest BCUT2D eigenvalue weighted by atomic mass is 10.1. The maximum Gasteiger partial charge on any atom is 0.193 e. The highest BCUT2D eigenvalue weighted by atomic mass is 127. The first kappa shape index (κ1) is 21.5. The number of nitrogens with zero attached hydrogens (tertiary/aromatic N) is 2. The highest BCUT2D eigenvalue weighted by molar-refractivity contribution is 14.0. The van der Waals surface area contributed by atoms with Gasteiger partial charge in [-0.25, -0.2) is 0 Å². The lowest BCUT2D eigenvalue weighted by Crippen LogP contribution is -2.47. The average Bonchev–Trinajstić information content (AvgIpc) is 2.55. The van der Waals surface area contributed by atoms with Crippen LogP contribution in [0.2, 0.25) is 5.02 Å². The van der Waals surface area contributed by atoms with E-state index in [9.17, 15) is 0 Å². The highest BCUT2D eigenvalue weighted by Gasteiger charge is 2.21. The Bertz CT molecular complexity index is 505. The van der Waals surface area contributed by atoms with Crippen LogP contribution in [0, 0.1) is 0 Å². The molecule has 0 radical (unpaired) electrons. The third kappa shape index (κ3) is 7.15. The van der Waals surface area contributed by atoms with Crippen LogP contribution in [-0.4, -0.2) is 49.7 Å². The van der Waals surface area contributed by atoms with Crippen LogP contribution in [0.15, 0.2) is 29.3 Å². The van der Waals surface area contributed by atoms with Crippen LogP contribution in [0.4, 0.5) is 0 Å². The Hall–Kier alpha value is -0.530. The number of guanidine groups is 1. The summed E-state index contributed by atoms with van der Waals surface area (Å²) in [5.41, 5.74) is 1.23. The van der Waals surface area contributed by atoms with Crippen molar-refractivity contribution in [3.05, 3.63) is 34.9 Å². The van der Waals surface area contributed by atoms with E-state index in [1.165, 1.54) is 5.56 Å². The van der Waals surface area contributed by atoms with Crippen LogP contribution in [0.5, 0.6) is 0 Å². The molecule has 0 unspecified atom stereocenters. The normalized spacial score (nSPS) is 16.0. The summed E-state index contributed by atoms with van der Waals surface area (Å²) in [6.45, 7) is 8.66. The summed E-state index contributed by atoms with van der Waals surface area (Å²) in [7, 11) is 0. The average molecular weight is 466 g/mol. The third-order valence-corrected chi connectivity index (χ3v) is 4.26. The SMILES string of the molecule is CCNC(=NCCc1cccc(Cl)c1)N1CCC(OCC)CC1.I. The molecule has 1 heterocycles. The first-order valence-electron chi connectivity index (χ1n) is 8.62. The van der Waals surface area contributed by atoms with Crippen molar-refractivity contribution in [1.82, 2.24) is 10.2 Å². The maximum absolute atomic E-state index is 6.03. The van der Waals surface area contributed by atoms with Gasteiger partial charge in [0, 0.05) is 37.8 Å². The summed E-state index contributed by atoms with van der Waals surface area (Å²) >= 11 is 6.03. The van der Waals surface area contributed by atoms with Crippen molar-refractivity contribution < 1.29 is 4.74 Å². The Morgan fingerprint density at radius 1 is 1.33 bits per heavy atom. The van der Waals surface area contributed by atoms with E-state index in [0.717, 1.165) is 63.0 Å². The van der Waals surface area contributed by atoms with Gasteiger partial charge < -0.3 is 15.0 Å². The molecule has 1 saturated heterocycles. The number of hydrogen-bond donors (Lipinski definition) is 1. The number of benzene rings is 1. The van der Waals surface area contributed by atoms with Crippen LogP contribution in [-0.2, 0) is 11.2 Å². The molecule has 2 rings (SSSR count). The number of aliphatic imine (C=N–C) groups is 1. The molecule has 1 aliphatic heterocycles. The van der Waals surface area contributed by atoms with Crippen molar-refractivity contribution in [2.75, 3.05) is 32.8 Å². The molecule has 0 spiro atoms. The lowest BCUT2D eigenvalue weighted by Gasteiger charge is -2.34. The van der Waals surface area contributed by atoms with Crippen LogP contribution >= 0.6 is 35.6 Å². The molecule has 4 nitrogen and oxygen atoms in total. The van der Waals surface area contributed by atoms with E-state index < -0.39 is 0 Å². The van der Waals surface area contributed by atoms with E-state index in [2.05, 4.69) is 30.1 Å². The molecule has 1 fully saturated rings. The minimum atomic E-state index is 0. The van der Waals surface area contributed by atoms with Gasteiger partial charge in [-0.05, 0) is 50.8 Å². The zero-order valence-corrected chi connectivity index (χ0v) is 17.7. The van der Waals surface area contributed by atoms with Crippen LogP contribution in [0.3, 0.4) is 0 Å². The fourth-order valence-electron chi connectivity index (χ4n) is 2.88. The molecule has 1 N–H and O–H groups in total. The predicted molar refractivity (Wildman–Crippen MR) is 113 cm³/mol. The predicted octanol–water partition coefficient (Wildman–Crippen LogP) is 3.97. The first-order chi connectivity index (χ1) is 11.2. The molecule has 0 aliphatic carbocycles. The molecule has 0 aromatic heterocycles. The molecule has 0 bridgehead atoms. The minimum Gasteiger partial charge on any atom is -0.378 e. The van der Waals surface area contributed by atoms with Crippen LogP contribution < -0.4 is 5.32 Å². The van der Waals surface area contributed by atoms with Crippen LogP contribution in [0.25, 0.3) is 0 Å². The molecular formula is C18H29ClIN3O. The summed E-state index contributed by atoms with van der Waals surface area (Å²) in [5.74, 6) is 1.02. The summed E-state index contributed by atoms with van der Waals surface area (Å²) in [6, 6.07) is 8.01. The van der Waals surface area contributed by atoms with Gasteiger partial charge in [-0.1, -0.05) is 23.7 Å². The van der Waals surface area contributed by atoms with Gasteiger partial charge in [-0.2, -0.15) is 0 Å².